The molecule has 0 amide bonds. The molecule has 1 atom stereocenters. The van der Waals surface area contributed by atoms with Crippen molar-refractivity contribution in [3.8, 4) is 11.8 Å². The van der Waals surface area contributed by atoms with Crippen LogP contribution in [0, 0.1) is 11.8 Å². The van der Waals surface area contributed by atoms with Gasteiger partial charge < -0.3 is 16.4 Å². The number of benzene rings is 1. The van der Waals surface area contributed by atoms with Gasteiger partial charge in [0, 0.05) is 37.1 Å². The molecule has 1 saturated heterocycles. The highest BCUT2D eigenvalue weighted by Crippen LogP contribution is 2.27. The monoisotopic (exact) mass is 280 g/mol. The normalized spacial score (nSPS) is 17.8. The molecule has 0 unspecified atom stereocenters. The zero-order chi connectivity index (χ0) is 14.7. The van der Waals surface area contributed by atoms with Crippen LogP contribution < -0.4 is 16.4 Å². The van der Waals surface area contributed by atoms with E-state index < -0.39 is 0 Å². The van der Waals surface area contributed by atoms with Gasteiger partial charge in [-0.1, -0.05) is 24.0 Å². The Morgan fingerprint density at radius 2 is 2.19 bits per heavy atom. The molecule has 4 N–H and O–H groups in total. The molecule has 4 heteroatoms. The van der Waals surface area contributed by atoms with Crippen LogP contribution in [-0.4, -0.2) is 30.7 Å². The molecule has 0 spiro atoms. The molecule has 4 nitrogen and oxygen atoms in total. The van der Waals surface area contributed by atoms with Crippen LogP contribution in [0.1, 0.15) is 12.0 Å². The van der Waals surface area contributed by atoms with Crippen molar-refractivity contribution in [2.45, 2.75) is 18.9 Å². The smallest absolute Gasteiger partial charge is 0.136 e. The summed E-state index contributed by atoms with van der Waals surface area (Å²) in [5.41, 5.74) is 12.6. The minimum atomic E-state index is 0.257. The summed E-state index contributed by atoms with van der Waals surface area (Å²) in [4.78, 5) is 6.83. The lowest BCUT2D eigenvalue weighted by Crippen LogP contribution is -2.26. The number of pyridine rings is 1. The van der Waals surface area contributed by atoms with Crippen molar-refractivity contribution < 1.29 is 0 Å². The Morgan fingerprint density at radius 1 is 1.29 bits per heavy atom. The van der Waals surface area contributed by atoms with Crippen LogP contribution in [0.5, 0.6) is 0 Å². The van der Waals surface area contributed by atoms with Crippen molar-refractivity contribution in [3.05, 3.63) is 36.0 Å². The first-order chi connectivity index (χ1) is 10.3. The molecule has 2 aromatic rings. The second-order valence-corrected chi connectivity index (χ2v) is 5.42. The van der Waals surface area contributed by atoms with Crippen molar-refractivity contribution in [2.75, 3.05) is 24.5 Å². The van der Waals surface area contributed by atoms with Crippen LogP contribution in [0.4, 0.5) is 5.82 Å². The van der Waals surface area contributed by atoms with Crippen molar-refractivity contribution >= 4 is 16.6 Å². The zero-order valence-corrected chi connectivity index (χ0v) is 12.0. The van der Waals surface area contributed by atoms with E-state index in [-0.39, 0.29) is 6.04 Å². The Labute approximate surface area is 125 Å². The lowest BCUT2D eigenvalue weighted by atomic mass is 10.1. The second-order valence-electron chi connectivity index (χ2n) is 5.42. The topological polar surface area (TPSA) is 68.2 Å². The van der Waals surface area contributed by atoms with Crippen LogP contribution in [0.25, 0.3) is 10.8 Å². The highest BCUT2D eigenvalue weighted by molar-refractivity contribution is 5.92. The fraction of sp³-hybridized carbons (Fsp3) is 0.353. The molecule has 0 saturated carbocycles. The quantitative estimate of drug-likeness (QED) is 0.813. The van der Waals surface area contributed by atoms with Crippen LogP contribution in [0.2, 0.25) is 0 Å². The Bertz CT molecular complexity index is 699. The van der Waals surface area contributed by atoms with Crippen molar-refractivity contribution in [3.63, 3.8) is 0 Å². The number of anilines is 1. The average Bonchev–Trinajstić information content (AvgIpc) is 2.93. The van der Waals surface area contributed by atoms with Gasteiger partial charge in [-0.05, 0) is 29.5 Å². The van der Waals surface area contributed by atoms with E-state index >= 15 is 0 Å². The van der Waals surface area contributed by atoms with Crippen LogP contribution in [-0.2, 0) is 6.42 Å². The molecule has 0 bridgehead atoms. The first-order valence-corrected chi connectivity index (χ1v) is 7.32. The van der Waals surface area contributed by atoms with Gasteiger partial charge in [0.2, 0.25) is 0 Å². The van der Waals surface area contributed by atoms with Gasteiger partial charge in [-0.3, -0.25) is 0 Å². The average molecular weight is 280 g/mol. The largest absolute Gasteiger partial charge is 0.354 e. The van der Waals surface area contributed by atoms with E-state index in [9.17, 15) is 0 Å². The number of nitrogens with two attached hydrogens (primary N) is 2. The van der Waals surface area contributed by atoms with E-state index in [2.05, 4.69) is 46.0 Å². The molecule has 2 heterocycles. The number of rotatable bonds is 2. The van der Waals surface area contributed by atoms with Gasteiger partial charge >= 0.3 is 0 Å². The van der Waals surface area contributed by atoms with E-state index in [1.165, 1.54) is 16.3 Å². The van der Waals surface area contributed by atoms with Gasteiger partial charge in [-0.15, -0.1) is 0 Å². The predicted octanol–water partition coefficient (Wildman–Crippen LogP) is 1.28. The lowest BCUT2D eigenvalue weighted by Gasteiger charge is -2.19. The first kappa shape index (κ1) is 13.9. The molecule has 108 valence electrons. The number of fused-ring (bicyclic) bond motifs is 1. The Kier molecular flexibility index (Phi) is 4.05. The maximum Gasteiger partial charge on any atom is 0.136 e. The fourth-order valence-electron chi connectivity index (χ4n) is 2.79. The Hall–Kier alpha value is -2.09. The molecule has 0 aliphatic carbocycles. The predicted molar refractivity (Wildman–Crippen MR) is 87.1 cm³/mol. The zero-order valence-electron chi connectivity index (χ0n) is 12.0. The Morgan fingerprint density at radius 3 is 2.95 bits per heavy atom. The molecule has 0 radical (unpaired) electrons. The number of nitrogens with zero attached hydrogens (tertiary/aromatic N) is 2. The second kappa shape index (κ2) is 6.13. The fourth-order valence-corrected chi connectivity index (χ4v) is 2.79. The molecular formula is C17H20N4. The minimum absolute atomic E-state index is 0.257. The highest BCUT2D eigenvalue weighted by atomic mass is 15.2. The summed E-state index contributed by atoms with van der Waals surface area (Å²) < 4.78 is 0. The minimum Gasteiger partial charge on any atom is -0.354 e. The summed E-state index contributed by atoms with van der Waals surface area (Å²) in [6.45, 7) is 2.28. The third-order valence-corrected chi connectivity index (χ3v) is 3.85. The van der Waals surface area contributed by atoms with Gasteiger partial charge in [0.25, 0.3) is 0 Å². The van der Waals surface area contributed by atoms with E-state index in [1.54, 1.807) is 0 Å². The van der Waals surface area contributed by atoms with E-state index in [4.69, 9.17) is 11.5 Å². The summed E-state index contributed by atoms with van der Waals surface area (Å²) in [5.74, 6) is 7.01. The number of aromatic nitrogens is 1. The first-order valence-electron chi connectivity index (χ1n) is 7.32. The van der Waals surface area contributed by atoms with Gasteiger partial charge in [0.1, 0.15) is 5.82 Å². The summed E-state index contributed by atoms with van der Waals surface area (Å²) in [6, 6.07) is 8.75. The maximum absolute atomic E-state index is 6.00. The third kappa shape index (κ3) is 2.99. The molecule has 1 aromatic heterocycles. The van der Waals surface area contributed by atoms with Crippen LogP contribution in [0.15, 0.2) is 30.5 Å². The van der Waals surface area contributed by atoms with E-state index in [0.717, 1.165) is 31.7 Å². The maximum atomic E-state index is 6.00. The van der Waals surface area contributed by atoms with Gasteiger partial charge in [-0.25, -0.2) is 4.98 Å². The number of hydrogen-bond donors (Lipinski definition) is 2. The Balaban J connectivity index is 1.93. The van der Waals surface area contributed by atoms with Crippen molar-refractivity contribution in [1.29, 1.82) is 0 Å². The van der Waals surface area contributed by atoms with Crippen LogP contribution in [0.3, 0.4) is 0 Å². The number of hydrogen-bond acceptors (Lipinski definition) is 4. The molecular weight excluding hydrogens is 260 g/mol. The SMILES string of the molecule is NCC#CCc1ccc2c(N3CC[C@@H](N)C3)nccc2c1. The molecule has 21 heavy (non-hydrogen) atoms. The molecule has 1 aliphatic rings. The van der Waals surface area contributed by atoms with Crippen molar-refractivity contribution in [2.24, 2.45) is 11.5 Å². The van der Waals surface area contributed by atoms with E-state index in [1.807, 2.05) is 6.20 Å². The summed E-state index contributed by atoms with van der Waals surface area (Å²) in [7, 11) is 0. The molecule has 1 aliphatic heterocycles. The lowest BCUT2D eigenvalue weighted by molar-refractivity contribution is 0.751. The molecule has 3 rings (SSSR count). The molecule has 1 aromatic carbocycles. The third-order valence-electron chi connectivity index (χ3n) is 3.85. The van der Waals surface area contributed by atoms with E-state index in [0.29, 0.717) is 6.54 Å². The van der Waals surface area contributed by atoms with Gasteiger partial charge in [-0.2, -0.15) is 0 Å². The van der Waals surface area contributed by atoms with Crippen LogP contribution >= 0.6 is 0 Å². The molecule has 1 fully saturated rings. The summed E-state index contributed by atoms with van der Waals surface area (Å²) in [6.07, 6.45) is 3.64. The van der Waals surface area contributed by atoms with Gasteiger partial charge in [0.15, 0.2) is 0 Å². The summed E-state index contributed by atoms with van der Waals surface area (Å²) in [5, 5.41) is 2.38. The van der Waals surface area contributed by atoms with Gasteiger partial charge in [0.05, 0.1) is 6.54 Å². The standard InChI is InChI=1S/C17H20N4/c18-8-2-1-3-13-4-5-16-14(11-13)6-9-20-17(16)21-10-7-15(19)12-21/h4-6,9,11,15H,3,7-8,10,12,18-19H2/t15-/m1/s1. The summed E-state index contributed by atoms with van der Waals surface area (Å²) >= 11 is 0. The van der Waals surface area contributed by atoms with Crippen molar-refractivity contribution in [1.82, 2.24) is 4.98 Å². The highest BCUT2D eigenvalue weighted by Gasteiger charge is 2.21.